The molecule has 4 bridgehead atoms. The van der Waals surface area contributed by atoms with Crippen molar-refractivity contribution in [1.82, 2.24) is 10.2 Å². The number of amides is 2. The van der Waals surface area contributed by atoms with E-state index in [1.165, 1.54) is 5.54 Å². The molecular weight excluding hydrogens is 480 g/mol. The van der Waals surface area contributed by atoms with Crippen molar-refractivity contribution in [3.8, 4) is 0 Å². The van der Waals surface area contributed by atoms with Crippen LogP contribution in [0.5, 0.6) is 0 Å². The Bertz CT molecular complexity index is 972. The van der Waals surface area contributed by atoms with Gasteiger partial charge in [-0.15, -0.1) is 0 Å². The van der Waals surface area contributed by atoms with Crippen molar-refractivity contribution in [2.24, 2.45) is 45.8 Å². The number of halogens is 1. The van der Waals surface area contributed by atoms with E-state index in [9.17, 15) is 19.5 Å². The Kier molecular flexibility index (Phi) is 6.61. The SMILES string of the molecule is C[C@@H]1CCC23CCC(=O)C2[C@]1(C)[C@H](OC(=O)NC(=O)[C@H]1CN2CC[C@@H]1C2)C[C@@](C)(C=CCl)[C@@H](O)[C@@H]3C. The number of aliphatic hydroxyl groups is 1. The monoisotopic (exact) mass is 520 g/mol. The molecule has 2 N–H and O–H groups in total. The van der Waals surface area contributed by atoms with Gasteiger partial charge in [-0.05, 0) is 61.8 Å². The third kappa shape index (κ3) is 3.79. The van der Waals surface area contributed by atoms with Crippen molar-refractivity contribution in [2.75, 3.05) is 19.6 Å². The number of carbonyl (C=O) groups excluding carboxylic acids is 3. The zero-order valence-electron chi connectivity index (χ0n) is 22.0. The number of ether oxygens (including phenoxy) is 1. The number of carbonyl (C=O) groups is 3. The Morgan fingerprint density at radius 3 is 2.58 bits per heavy atom. The quantitative estimate of drug-likeness (QED) is 0.581. The van der Waals surface area contributed by atoms with E-state index in [4.69, 9.17) is 16.3 Å². The fourth-order valence-corrected chi connectivity index (χ4v) is 9.33. The Hall–Kier alpha value is -1.44. The summed E-state index contributed by atoms with van der Waals surface area (Å²) < 4.78 is 6.15. The van der Waals surface area contributed by atoms with Gasteiger partial charge in [0.05, 0.1) is 12.0 Å². The summed E-state index contributed by atoms with van der Waals surface area (Å²) in [5.41, 5.74) is -0.277. The van der Waals surface area contributed by atoms with Crippen LogP contribution in [0.2, 0.25) is 0 Å². The van der Waals surface area contributed by atoms with Gasteiger partial charge >= 0.3 is 6.09 Å². The predicted molar refractivity (Wildman–Crippen MR) is 136 cm³/mol. The molecule has 5 fully saturated rings. The molecule has 3 aliphatic carbocycles. The van der Waals surface area contributed by atoms with Gasteiger partial charge in [0, 0.05) is 41.8 Å². The Labute approximate surface area is 219 Å². The van der Waals surface area contributed by atoms with Gasteiger partial charge in [0.15, 0.2) is 0 Å². The lowest BCUT2D eigenvalue weighted by Crippen LogP contribution is -2.63. The molecule has 36 heavy (non-hydrogen) atoms. The first-order valence-corrected chi connectivity index (χ1v) is 14.1. The highest BCUT2D eigenvalue weighted by Gasteiger charge is 2.68. The molecule has 0 aromatic rings. The molecule has 200 valence electrons. The summed E-state index contributed by atoms with van der Waals surface area (Å²) in [4.78, 5) is 41.9. The van der Waals surface area contributed by atoms with Crippen LogP contribution >= 0.6 is 11.6 Å². The van der Waals surface area contributed by atoms with Crippen molar-refractivity contribution < 1.29 is 24.2 Å². The summed E-state index contributed by atoms with van der Waals surface area (Å²) in [6.07, 6.45) is 3.95. The summed E-state index contributed by atoms with van der Waals surface area (Å²) in [5.74, 6) is -0.234. The Morgan fingerprint density at radius 1 is 1.19 bits per heavy atom. The molecule has 2 amide bonds. The van der Waals surface area contributed by atoms with Crippen molar-refractivity contribution in [3.63, 3.8) is 0 Å². The van der Waals surface area contributed by atoms with Crippen LogP contribution in [0.15, 0.2) is 11.6 Å². The van der Waals surface area contributed by atoms with E-state index in [-0.39, 0.29) is 40.8 Å². The highest BCUT2D eigenvalue weighted by Crippen LogP contribution is 2.68. The second-order valence-electron chi connectivity index (χ2n) is 13.0. The number of rotatable bonds is 3. The first kappa shape index (κ1) is 26.2. The summed E-state index contributed by atoms with van der Waals surface area (Å²) in [6.45, 7) is 10.9. The van der Waals surface area contributed by atoms with Gasteiger partial charge in [-0.1, -0.05) is 45.4 Å². The highest BCUT2D eigenvalue weighted by molar-refractivity contribution is 6.25. The standard InChI is InChI=1S/C28H41ClN2O5/c1-16-5-8-28-9-6-20(32)22(28)27(16,4)21(13-26(3,10-11-29)23(33)17(28)2)36-25(35)30-24(34)19-15-31-12-7-18(19)14-31/h10-11,16-19,21-23,33H,5-9,12-15H2,1-4H3,(H,30,34,35)/t16-,17+,18-,19+,21-,22?,23+,26-,27+,28?/m1/s1. The molecule has 8 heteroatoms. The maximum Gasteiger partial charge on any atom is 0.414 e. The van der Waals surface area contributed by atoms with Gasteiger partial charge in [-0.2, -0.15) is 0 Å². The van der Waals surface area contributed by atoms with Crippen LogP contribution in [0.4, 0.5) is 4.79 Å². The molecule has 0 aromatic carbocycles. The number of hydrogen-bond acceptors (Lipinski definition) is 6. The molecule has 3 saturated carbocycles. The number of nitrogens with one attached hydrogen (secondary N) is 1. The van der Waals surface area contributed by atoms with Crippen molar-refractivity contribution >= 4 is 29.4 Å². The van der Waals surface area contributed by atoms with Crippen LogP contribution in [0.3, 0.4) is 0 Å². The summed E-state index contributed by atoms with van der Waals surface area (Å²) in [6, 6.07) is 0. The number of hydrogen-bond donors (Lipinski definition) is 2. The largest absolute Gasteiger partial charge is 0.445 e. The van der Waals surface area contributed by atoms with E-state index in [1.807, 2.05) is 6.92 Å². The van der Waals surface area contributed by atoms with E-state index < -0.39 is 29.1 Å². The number of aliphatic hydroxyl groups excluding tert-OH is 1. The fourth-order valence-electron chi connectivity index (χ4n) is 9.04. The number of Topliss-reactive ketones (excluding diaryl/α,β-unsaturated/α-hetero) is 1. The topological polar surface area (TPSA) is 95.9 Å². The first-order valence-electron chi connectivity index (χ1n) is 13.7. The fraction of sp³-hybridized carbons (Fsp3) is 0.821. The lowest BCUT2D eigenvalue weighted by molar-refractivity contribution is -0.191. The molecule has 2 heterocycles. The summed E-state index contributed by atoms with van der Waals surface area (Å²) in [7, 11) is 0. The molecule has 3 unspecified atom stereocenters. The first-order chi connectivity index (χ1) is 17.0. The minimum atomic E-state index is -0.754. The number of ketones is 1. The van der Waals surface area contributed by atoms with Crippen LogP contribution in [0.1, 0.15) is 66.2 Å². The molecule has 2 saturated heterocycles. The number of nitrogens with zero attached hydrogens (tertiary/aromatic N) is 1. The predicted octanol–water partition coefficient (Wildman–Crippen LogP) is 4.12. The zero-order valence-corrected chi connectivity index (χ0v) is 22.7. The maximum absolute atomic E-state index is 13.5. The van der Waals surface area contributed by atoms with Crippen LogP contribution < -0.4 is 5.32 Å². The van der Waals surface area contributed by atoms with Gasteiger partial charge in [0.25, 0.3) is 0 Å². The van der Waals surface area contributed by atoms with Crippen LogP contribution in [0.25, 0.3) is 0 Å². The van der Waals surface area contributed by atoms with Crippen LogP contribution in [-0.4, -0.2) is 59.6 Å². The number of imide groups is 1. The van der Waals surface area contributed by atoms with E-state index in [2.05, 4.69) is 31.0 Å². The maximum atomic E-state index is 13.5. The minimum absolute atomic E-state index is 0.109. The third-order valence-corrected chi connectivity index (χ3v) is 11.5. The highest BCUT2D eigenvalue weighted by atomic mass is 35.5. The Balaban J connectivity index is 1.47. The van der Waals surface area contributed by atoms with Crippen LogP contribution in [-0.2, 0) is 14.3 Å². The number of fused-ring (bicyclic) bond motifs is 2. The summed E-state index contributed by atoms with van der Waals surface area (Å²) >= 11 is 6.06. The van der Waals surface area contributed by atoms with E-state index >= 15 is 0 Å². The van der Waals surface area contributed by atoms with Gasteiger partial charge in [-0.3, -0.25) is 14.9 Å². The molecule has 7 nitrogen and oxygen atoms in total. The van der Waals surface area contributed by atoms with Crippen molar-refractivity contribution in [1.29, 1.82) is 0 Å². The molecule has 0 radical (unpaired) electrons. The van der Waals surface area contributed by atoms with Crippen molar-refractivity contribution in [2.45, 2.75) is 78.4 Å². The normalized spacial score (nSPS) is 50.0. The van der Waals surface area contributed by atoms with Crippen LogP contribution in [0, 0.1) is 45.8 Å². The molecule has 2 aliphatic heterocycles. The van der Waals surface area contributed by atoms with Gasteiger partial charge in [-0.25, -0.2) is 4.79 Å². The lowest BCUT2D eigenvalue weighted by Gasteiger charge is -2.61. The average molecular weight is 521 g/mol. The summed E-state index contributed by atoms with van der Waals surface area (Å²) in [5, 5.41) is 14.2. The van der Waals surface area contributed by atoms with Gasteiger partial charge in [0.2, 0.25) is 5.91 Å². The van der Waals surface area contributed by atoms with E-state index in [0.717, 1.165) is 38.8 Å². The molecule has 5 aliphatic rings. The van der Waals surface area contributed by atoms with Gasteiger partial charge in [0.1, 0.15) is 11.9 Å². The molecule has 0 aromatic heterocycles. The molecule has 11 atom stereocenters. The lowest BCUT2D eigenvalue weighted by atomic mass is 9.44. The third-order valence-electron chi connectivity index (χ3n) is 11.4. The molecule has 5 rings (SSSR count). The molecule has 0 spiro atoms. The van der Waals surface area contributed by atoms with E-state index in [0.29, 0.717) is 25.3 Å². The Morgan fingerprint density at radius 2 is 1.94 bits per heavy atom. The number of piperidine rings is 1. The number of alkyl carbamates (subject to hydrolysis) is 1. The zero-order chi connectivity index (χ0) is 26.0. The van der Waals surface area contributed by atoms with Crippen molar-refractivity contribution in [3.05, 3.63) is 11.6 Å². The minimum Gasteiger partial charge on any atom is -0.445 e. The van der Waals surface area contributed by atoms with Gasteiger partial charge < -0.3 is 14.7 Å². The average Bonchev–Trinajstić information content (AvgIpc) is 3.55. The van der Waals surface area contributed by atoms with E-state index in [1.54, 1.807) is 6.08 Å². The smallest absolute Gasteiger partial charge is 0.414 e. The molecular formula is C28H41ClN2O5. The second-order valence-corrected chi connectivity index (χ2v) is 13.2. The second kappa shape index (κ2) is 9.09.